The fraction of sp³-hybridized carbons (Fsp3) is 0.429. The van der Waals surface area contributed by atoms with Gasteiger partial charge in [0.2, 0.25) is 5.82 Å². The molecule has 0 bridgehead atoms. The lowest BCUT2D eigenvalue weighted by atomic mass is 10.0. The molecule has 0 radical (unpaired) electrons. The first-order chi connectivity index (χ1) is 15.7. The normalized spacial score (nSPS) is 14.9. The van der Waals surface area contributed by atoms with E-state index in [1.165, 1.54) is 24.3 Å². The summed E-state index contributed by atoms with van der Waals surface area (Å²) in [7, 11) is 0. The second-order valence-electron chi connectivity index (χ2n) is 7.51. The van der Waals surface area contributed by atoms with Gasteiger partial charge in [-0.1, -0.05) is 18.2 Å². The van der Waals surface area contributed by atoms with E-state index in [1.54, 1.807) is 0 Å². The minimum atomic E-state index is -5.08. The van der Waals surface area contributed by atoms with E-state index in [2.05, 4.69) is 28.7 Å². The van der Waals surface area contributed by atoms with Crippen molar-refractivity contribution in [2.24, 2.45) is 0 Å². The highest BCUT2D eigenvalue weighted by Crippen LogP contribution is 2.37. The maximum Gasteiger partial charge on any atom is 0.490 e. The van der Waals surface area contributed by atoms with Crippen LogP contribution in [0, 0.1) is 11.3 Å². The Morgan fingerprint density at radius 1 is 1.06 bits per heavy atom. The largest absolute Gasteiger partial charge is 0.490 e. The number of halogens is 6. The molecule has 184 valence electrons. The molecular formula is C21H21F6N5O2. The number of alkyl halides is 6. The molecule has 0 saturated carbocycles. The van der Waals surface area contributed by atoms with Crippen LogP contribution >= 0.6 is 0 Å². The molecule has 0 unspecified atom stereocenters. The second kappa shape index (κ2) is 10.7. The first-order valence-corrected chi connectivity index (χ1v) is 9.99. The fourth-order valence-electron chi connectivity index (χ4n) is 3.21. The number of aromatic nitrogens is 2. The number of hydrogen-bond donors (Lipinski definition) is 1. The average molecular weight is 489 g/mol. The van der Waals surface area contributed by atoms with Crippen LogP contribution in [0.15, 0.2) is 30.3 Å². The molecule has 1 aromatic heterocycles. The Balaban J connectivity index is 0.000000509. The van der Waals surface area contributed by atoms with Crippen molar-refractivity contribution in [3.05, 3.63) is 41.7 Å². The van der Waals surface area contributed by atoms with Gasteiger partial charge in [0, 0.05) is 43.9 Å². The number of carboxylic acids is 1. The zero-order valence-electron chi connectivity index (χ0n) is 18.2. The van der Waals surface area contributed by atoms with E-state index in [0.29, 0.717) is 24.9 Å². The van der Waals surface area contributed by atoms with Crippen LogP contribution in [-0.2, 0) is 11.0 Å². The van der Waals surface area contributed by atoms with E-state index in [-0.39, 0.29) is 17.1 Å². The molecule has 1 N–H and O–H groups in total. The van der Waals surface area contributed by atoms with E-state index >= 15 is 0 Å². The number of carbonyl (C=O) groups is 1. The number of aliphatic carboxylic acids is 1. The van der Waals surface area contributed by atoms with Gasteiger partial charge < -0.3 is 10.0 Å². The summed E-state index contributed by atoms with van der Waals surface area (Å²) >= 11 is 0. The van der Waals surface area contributed by atoms with Crippen LogP contribution in [-0.4, -0.2) is 64.3 Å². The Morgan fingerprint density at radius 2 is 1.62 bits per heavy atom. The van der Waals surface area contributed by atoms with Gasteiger partial charge in [0.15, 0.2) is 0 Å². The van der Waals surface area contributed by atoms with Crippen molar-refractivity contribution in [1.82, 2.24) is 14.9 Å². The standard InChI is InChI=1S/C19H20F3N5.C2HF3O2/c1-13(2)26-7-9-27(10-8-26)18-11-16(24-17(12-23)25-18)14-5-3-4-6-15(14)19(20,21)22;3-2(4,5)1(6)7/h3-6,11,13H,7-10H2,1-2H3;(H,6,7). The Hall–Kier alpha value is -3.40. The minimum absolute atomic E-state index is 0.0500. The van der Waals surface area contributed by atoms with Crippen molar-refractivity contribution >= 4 is 11.8 Å². The fourth-order valence-corrected chi connectivity index (χ4v) is 3.21. The van der Waals surface area contributed by atoms with Crippen molar-refractivity contribution in [2.45, 2.75) is 32.2 Å². The average Bonchev–Trinajstić information content (AvgIpc) is 2.78. The molecule has 34 heavy (non-hydrogen) atoms. The molecule has 1 aliphatic rings. The number of piperazine rings is 1. The SMILES string of the molecule is CC(C)N1CCN(c2cc(-c3ccccc3C(F)(F)F)nc(C#N)n2)CC1.O=C(O)C(F)(F)F. The molecule has 0 amide bonds. The van der Waals surface area contributed by atoms with Crippen LogP contribution < -0.4 is 4.90 Å². The van der Waals surface area contributed by atoms with Gasteiger partial charge in [0.05, 0.1) is 11.3 Å². The number of nitrogens with zero attached hydrogens (tertiary/aromatic N) is 5. The lowest BCUT2D eigenvalue weighted by Crippen LogP contribution is -2.49. The Morgan fingerprint density at radius 3 is 2.09 bits per heavy atom. The third kappa shape index (κ3) is 7.05. The van der Waals surface area contributed by atoms with Crippen LogP contribution in [0.25, 0.3) is 11.3 Å². The summed E-state index contributed by atoms with van der Waals surface area (Å²) < 4.78 is 71.8. The number of nitriles is 1. The van der Waals surface area contributed by atoms with Gasteiger partial charge in [-0.25, -0.2) is 14.8 Å². The molecule has 0 aliphatic carbocycles. The summed E-state index contributed by atoms with van der Waals surface area (Å²) in [5, 5.41) is 16.4. The number of hydrogen-bond acceptors (Lipinski definition) is 6. The van der Waals surface area contributed by atoms with Gasteiger partial charge in [-0.2, -0.15) is 31.6 Å². The smallest absolute Gasteiger partial charge is 0.475 e. The van der Waals surface area contributed by atoms with Gasteiger partial charge in [0.1, 0.15) is 11.9 Å². The molecule has 13 heteroatoms. The molecule has 1 aromatic carbocycles. The molecule has 7 nitrogen and oxygen atoms in total. The molecule has 2 heterocycles. The lowest BCUT2D eigenvalue weighted by molar-refractivity contribution is -0.192. The van der Waals surface area contributed by atoms with Crippen molar-refractivity contribution in [2.75, 3.05) is 31.1 Å². The van der Waals surface area contributed by atoms with Gasteiger partial charge in [-0.05, 0) is 19.9 Å². The summed E-state index contributed by atoms with van der Waals surface area (Å²) in [5.41, 5.74) is -0.718. The highest BCUT2D eigenvalue weighted by molar-refractivity contribution is 5.73. The summed E-state index contributed by atoms with van der Waals surface area (Å²) in [4.78, 5) is 21.4. The first-order valence-electron chi connectivity index (χ1n) is 9.99. The zero-order valence-corrected chi connectivity index (χ0v) is 18.2. The van der Waals surface area contributed by atoms with Crippen molar-refractivity contribution in [1.29, 1.82) is 5.26 Å². The van der Waals surface area contributed by atoms with Crippen molar-refractivity contribution in [3.8, 4) is 17.3 Å². The number of rotatable bonds is 3. The quantitative estimate of drug-likeness (QED) is 0.646. The first kappa shape index (κ1) is 26.8. The monoisotopic (exact) mass is 489 g/mol. The number of anilines is 1. The van der Waals surface area contributed by atoms with E-state index in [1.807, 2.05) is 11.0 Å². The van der Waals surface area contributed by atoms with Gasteiger partial charge in [-0.3, -0.25) is 4.90 Å². The zero-order chi connectivity index (χ0) is 25.7. The van der Waals surface area contributed by atoms with Crippen LogP contribution in [0.4, 0.5) is 32.2 Å². The van der Waals surface area contributed by atoms with Crippen molar-refractivity contribution < 1.29 is 36.2 Å². The van der Waals surface area contributed by atoms with Crippen LogP contribution in [0.2, 0.25) is 0 Å². The summed E-state index contributed by atoms with van der Waals surface area (Å²) in [6, 6.07) is 9.08. The van der Waals surface area contributed by atoms with Crippen LogP contribution in [0.5, 0.6) is 0 Å². The number of carboxylic acid groups (broad SMARTS) is 1. The maximum absolute atomic E-state index is 13.4. The lowest BCUT2D eigenvalue weighted by Gasteiger charge is -2.37. The second-order valence-corrected chi connectivity index (χ2v) is 7.51. The summed E-state index contributed by atoms with van der Waals surface area (Å²) in [6.07, 6.45) is -9.59. The predicted molar refractivity (Wildman–Crippen MR) is 110 cm³/mol. The van der Waals surface area contributed by atoms with E-state index in [4.69, 9.17) is 9.90 Å². The third-order valence-corrected chi connectivity index (χ3v) is 4.93. The Bertz CT molecular complexity index is 1040. The predicted octanol–water partition coefficient (Wildman–Crippen LogP) is 4.20. The Labute approximate surface area is 191 Å². The van der Waals surface area contributed by atoms with Gasteiger partial charge in [0.25, 0.3) is 0 Å². The molecule has 1 aliphatic heterocycles. The maximum atomic E-state index is 13.4. The molecular weight excluding hydrogens is 468 g/mol. The molecule has 0 spiro atoms. The third-order valence-electron chi connectivity index (χ3n) is 4.93. The molecule has 1 saturated heterocycles. The Kier molecular flexibility index (Phi) is 8.44. The molecule has 3 rings (SSSR count). The van der Waals surface area contributed by atoms with Crippen molar-refractivity contribution in [3.63, 3.8) is 0 Å². The van der Waals surface area contributed by atoms with Gasteiger partial charge >= 0.3 is 18.3 Å². The molecule has 0 atom stereocenters. The summed E-state index contributed by atoms with van der Waals surface area (Å²) in [5.74, 6) is -2.41. The molecule has 1 fully saturated rings. The van der Waals surface area contributed by atoms with E-state index in [0.717, 1.165) is 19.2 Å². The van der Waals surface area contributed by atoms with Crippen LogP contribution in [0.3, 0.4) is 0 Å². The van der Waals surface area contributed by atoms with E-state index < -0.39 is 23.9 Å². The highest BCUT2D eigenvalue weighted by atomic mass is 19.4. The van der Waals surface area contributed by atoms with Crippen LogP contribution in [0.1, 0.15) is 25.2 Å². The topological polar surface area (TPSA) is 93.4 Å². The minimum Gasteiger partial charge on any atom is -0.475 e. The highest BCUT2D eigenvalue weighted by Gasteiger charge is 2.38. The van der Waals surface area contributed by atoms with Gasteiger partial charge in [-0.15, -0.1) is 0 Å². The van der Waals surface area contributed by atoms with E-state index in [9.17, 15) is 31.6 Å². The number of benzene rings is 1. The summed E-state index contributed by atoms with van der Waals surface area (Å²) in [6.45, 7) is 7.30. The molecule has 2 aromatic rings.